The molecule has 13 heteroatoms. The van der Waals surface area contributed by atoms with Gasteiger partial charge in [-0.25, -0.2) is 9.67 Å². The van der Waals surface area contributed by atoms with Crippen molar-refractivity contribution in [2.45, 2.75) is 12.6 Å². The Morgan fingerprint density at radius 2 is 1.65 bits per heavy atom. The zero-order valence-corrected chi connectivity index (χ0v) is 19.7. The van der Waals surface area contributed by atoms with Crippen molar-refractivity contribution in [2.24, 2.45) is 0 Å². The van der Waals surface area contributed by atoms with Gasteiger partial charge in [0.1, 0.15) is 17.1 Å². The van der Waals surface area contributed by atoms with Crippen LogP contribution in [-0.4, -0.2) is 34.0 Å². The molecule has 0 bridgehead atoms. The monoisotopic (exact) mass is 532 g/mol. The van der Waals surface area contributed by atoms with Crippen LogP contribution in [0.25, 0.3) is 17.1 Å². The summed E-state index contributed by atoms with van der Waals surface area (Å²) >= 11 is 18.4. The molecule has 0 radical (unpaired) electrons. The fraction of sp³-hybridized carbons (Fsp3) is 0.190. The number of hydrogen-bond donors (Lipinski definition) is 1. The third kappa shape index (κ3) is 4.40. The van der Waals surface area contributed by atoms with Crippen molar-refractivity contribution >= 4 is 34.8 Å². The van der Waals surface area contributed by atoms with Crippen LogP contribution >= 0.6 is 34.8 Å². The maximum atomic E-state index is 13.7. The van der Waals surface area contributed by atoms with E-state index < -0.39 is 23.0 Å². The van der Waals surface area contributed by atoms with Crippen molar-refractivity contribution in [3.8, 4) is 28.6 Å². The van der Waals surface area contributed by atoms with E-state index in [0.717, 1.165) is 4.68 Å². The molecule has 2 heterocycles. The number of benzene rings is 2. The Bertz CT molecular complexity index is 1400. The smallest absolute Gasteiger partial charge is 0.433 e. The van der Waals surface area contributed by atoms with Crippen LogP contribution in [0.5, 0.6) is 11.5 Å². The summed E-state index contributed by atoms with van der Waals surface area (Å²) in [7, 11) is 2.94. The minimum Gasteiger partial charge on any atom is -0.493 e. The molecule has 0 fully saturated rings. The molecular formula is C21H14Cl3F3N4O3. The van der Waals surface area contributed by atoms with E-state index in [2.05, 4.69) is 15.1 Å². The fourth-order valence-electron chi connectivity index (χ4n) is 3.44. The van der Waals surface area contributed by atoms with Gasteiger partial charge in [-0.3, -0.25) is 9.89 Å². The number of H-pyrrole nitrogens is 1. The van der Waals surface area contributed by atoms with Gasteiger partial charge < -0.3 is 9.47 Å². The number of hydrogen-bond acceptors (Lipinski definition) is 5. The largest absolute Gasteiger partial charge is 0.493 e. The van der Waals surface area contributed by atoms with Crippen molar-refractivity contribution in [1.82, 2.24) is 19.7 Å². The van der Waals surface area contributed by atoms with Gasteiger partial charge in [0, 0.05) is 11.4 Å². The summed E-state index contributed by atoms with van der Waals surface area (Å²) in [6.45, 7) is 0. The summed E-state index contributed by atoms with van der Waals surface area (Å²) in [5.74, 6) is 0.554. The topological polar surface area (TPSA) is 82.0 Å². The van der Waals surface area contributed by atoms with Crippen LogP contribution in [0.15, 0.2) is 35.1 Å². The lowest BCUT2D eigenvalue weighted by molar-refractivity contribution is -0.140. The number of fused-ring (bicyclic) bond motifs is 1. The Balaban J connectivity index is 1.92. The van der Waals surface area contributed by atoms with Crippen molar-refractivity contribution in [2.75, 3.05) is 14.2 Å². The Morgan fingerprint density at radius 1 is 1.00 bits per heavy atom. The lowest BCUT2D eigenvalue weighted by atomic mass is 10.1. The number of methoxy groups -OCH3 is 2. The first-order valence-electron chi connectivity index (χ1n) is 9.48. The third-order valence-corrected chi connectivity index (χ3v) is 5.68. The molecule has 7 nitrogen and oxygen atoms in total. The summed E-state index contributed by atoms with van der Waals surface area (Å²) in [6, 6.07) is 7.60. The molecule has 0 unspecified atom stereocenters. The van der Waals surface area contributed by atoms with Gasteiger partial charge >= 0.3 is 6.18 Å². The van der Waals surface area contributed by atoms with Gasteiger partial charge in [-0.05, 0) is 29.8 Å². The Labute approximate surface area is 205 Å². The number of halogens is 6. The minimum atomic E-state index is -4.90. The summed E-state index contributed by atoms with van der Waals surface area (Å²) in [5.41, 5.74) is -2.60. The highest BCUT2D eigenvalue weighted by Gasteiger charge is 2.41. The van der Waals surface area contributed by atoms with Gasteiger partial charge in [-0.2, -0.15) is 18.2 Å². The second kappa shape index (κ2) is 9.01. The number of alkyl halides is 3. The number of ether oxygens (including phenoxy) is 2. The van der Waals surface area contributed by atoms with E-state index >= 15 is 0 Å². The highest BCUT2D eigenvalue weighted by Crippen LogP contribution is 2.40. The summed E-state index contributed by atoms with van der Waals surface area (Å²) < 4.78 is 52.6. The standard InChI is InChI=1S/C21H14Cl3F3N4O3/c1-33-13-4-3-9(5-14(13)34-2)6-15-28-19-16(20(32)29-15)18(21(25,26)27)30-31(19)17-11(23)7-10(22)8-12(17)24/h3-5,7-8,30H,6H2,1-2H3. The average molecular weight is 534 g/mol. The first-order chi connectivity index (χ1) is 16.0. The quantitative estimate of drug-likeness (QED) is 0.359. The molecule has 2 aliphatic heterocycles. The molecule has 178 valence electrons. The van der Waals surface area contributed by atoms with Crippen molar-refractivity contribution in [3.63, 3.8) is 0 Å². The first-order valence-corrected chi connectivity index (χ1v) is 10.6. The second-order valence-electron chi connectivity index (χ2n) is 7.05. The third-order valence-electron chi connectivity index (χ3n) is 4.89. The van der Waals surface area contributed by atoms with Crippen LogP contribution in [0.4, 0.5) is 13.2 Å². The van der Waals surface area contributed by atoms with Gasteiger partial charge in [-0.1, -0.05) is 40.9 Å². The number of nitrogens with zero attached hydrogens (tertiary/aromatic N) is 3. The lowest BCUT2D eigenvalue weighted by Gasteiger charge is -2.12. The number of aromatic nitrogens is 4. The molecule has 2 aromatic rings. The molecule has 0 amide bonds. The van der Waals surface area contributed by atoms with Crippen molar-refractivity contribution in [1.29, 1.82) is 0 Å². The van der Waals surface area contributed by atoms with Crippen LogP contribution in [0.2, 0.25) is 15.1 Å². The summed E-state index contributed by atoms with van der Waals surface area (Å²) in [6.07, 6.45) is -4.87. The van der Waals surface area contributed by atoms with E-state index in [1.165, 1.54) is 26.4 Å². The maximum absolute atomic E-state index is 13.7. The fourth-order valence-corrected chi connectivity index (χ4v) is 4.43. The molecule has 0 spiro atoms. The molecule has 2 aliphatic rings. The number of aromatic amines is 1. The number of rotatable bonds is 5. The number of nitrogens with one attached hydrogen (secondary N) is 1. The lowest BCUT2D eigenvalue weighted by Crippen LogP contribution is -2.19. The second-order valence-corrected chi connectivity index (χ2v) is 8.30. The molecular weight excluding hydrogens is 520 g/mol. The maximum Gasteiger partial charge on any atom is 0.433 e. The molecule has 1 N–H and O–H groups in total. The van der Waals surface area contributed by atoms with E-state index in [0.29, 0.717) is 17.1 Å². The highest BCUT2D eigenvalue weighted by molar-refractivity contribution is 6.40. The highest BCUT2D eigenvalue weighted by atomic mass is 35.5. The van der Waals surface area contributed by atoms with Crippen molar-refractivity contribution in [3.05, 3.63) is 72.8 Å². The molecule has 0 aliphatic carbocycles. The normalized spacial score (nSPS) is 11.8. The van der Waals surface area contributed by atoms with Crippen LogP contribution in [-0.2, 0) is 12.6 Å². The molecule has 2 aromatic carbocycles. The van der Waals surface area contributed by atoms with Crippen molar-refractivity contribution < 1.29 is 22.6 Å². The predicted molar refractivity (Wildman–Crippen MR) is 121 cm³/mol. The first kappa shape index (κ1) is 24.2. The van der Waals surface area contributed by atoms with Gasteiger partial charge in [0.15, 0.2) is 23.0 Å². The molecule has 4 rings (SSSR count). The van der Waals surface area contributed by atoms with Gasteiger partial charge in [0.2, 0.25) is 0 Å². The SMILES string of the molecule is COc1ccc(Cc2nc3n(-c4c(Cl)cc(Cl)cc4Cl)[nH]c(C(F)(F)F)c-3c(=O)n2)cc1OC. The van der Waals surface area contributed by atoms with E-state index in [4.69, 9.17) is 44.3 Å². The zero-order chi connectivity index (χ0) is 24.8. The average Bonchev–Trinajstić information content (AvgIpc) is 3.13. The Hall–Kier alpha value is -2.95. The van der Waals surface area contributed by atoms with Gasteiger partial charge in [0.25, 0.3) is 5.56 Å². The minimum absolute atomic E-state index is 0.0209. The molecule has 34 heavy (non-hydrogen) atoms. The van der Waals surface area contributed by atoms with Crippen LogP contribution in [0, 0.1) is 0 Å². The Morgan fingerprint density at radius 3 is 2.24 bits per heavy atom. The summed E-state index contributed by atoms with van der Waals surface area (Å²) in [4.78, 5) is 20.8. The molecule has 0 saturated carbocycles. The van der Waals surface area contributed by atoms with E-state index in [1.807, 2.05) is 0 Å². The zero-order valence-electron chi connectivity index (χ0n) is 17.4. The van der Waals surface area contributed by atoms with Gasteiger partial charge in [-0.15, -0.1) is 0 Å². The van der Waals surface area contributed by atoms with Crippen LogP contribution in [0.3, 0.4) is 0 Å². The van der Waals surface area contributed by atoms with E-state index in [1.54, 1.807) is 18.2 Å². The van der Waals surface area contributed by atoms with Gasteiger partial charge in [0.05, 0.1) is 24.3 Å². The van der Waals surface area contributed by atoms with Crippen LogP contribution < -0.4 is 15.0 Å². The summed E-state index contributed by atoms with van der Waals surface area (Å²) in [5, 5.41) is 2.23. The molecule has 0 saturated heterocycles. The molecule has 0 aromatic heterocycles. The Kier molecular flexibility index (Phi) is 6.41. The van der Waals surface area contributed by atoms with E-state index in [9.17, 15) is 18.0 Å². The van der Waals surface area contributed by atoms with Crippen LogP contribution in [0.1, 0.15) is 17.1 Å². The van der Waals surface area contributed by atoms with E-state index in [-0.39, 0.29) is 38.8 Å². The predicted octanol–water partition coefficient (Wildman–Crippen LogP) is 5.65. The molecule has 0 atom stereocenters.